The number of carboxylic acids is 2. The molecule has 0 aromatic carbocycles. The second kappa shape index (κ2) is 13.0. The molecule has 2 fully saturated rings. The SMILES string of the molecule is C[C@H](ON=C(C(=O)N[C@@H]1C(=O)N2C(C(=O)O)=C(C[n+]3ccc(N4CCC(N)CC4)cc3)CS[C@H]12)c1nc(N)sc1Cl)C(=O)O. The van der Waals surface area contributed by atoms with Gasteiger partial charge in [-0.3, -0.25) is 14.5 Å². The van der Waals surface area contributed by atoms with Gasteiger partial charge in [-0.15, -0.1) is 11.8 Å². The van der Waals surface area contributed by atoms with Crippen LogP contribution in [0, 0.1) is 0 Å². The van der Waals surface area contributed by atoms with Gasteiger partial charge in [0.05, 0.1) is 0 Å². The molecular formula is C26H30ClN8O7S2+. The number of carbonyl (C=O) groups excluding carboxylic acids is 2. The first kappa shape index (κ1) is 31.5. The lowest BCUT2D eigenvalue weighted by Crippen LogP contribution is -2.71. The van der Waals surface area contributed by atoms with Crippen molar-refractivity contribution in [2.24, 2.45) is 10.9 Å². The van der Waals surface area contributed by atoms with Gasteiger partial charge in [-0.05, 0) is 19.8 Å². The number of amides is 2. The molecule has 0 radical (unpaired) electrons. The molecule has 2 aromatic heterocycles. The highest BCUT2D eigenvalue weighted by atomic mass is 35.5. The van der Waals surface area contributed by atoms with Crippen LogP contribution in [0.25, 0.3) is 0 Å². The van der Waals surface area contributed by atoms with Crippen molar-refractivity contribution in [1.29, 1.82) is 0 Å². The highest BCUT2D eigenvalue weighted by molar-refractivity contribution is 8.00. The summed E-state index contributed by atoms with van der Waals surface area (Å²) in [6.45, 7) is 3.21. The monoisotopic (exact) mass is 665 g/mol. The number of nitrogens with one attached hydrogen (secondary N) is 1. The van der Waals surface area contributed by atoms with Crippen LogP contribution in [0.2, 0.25) is 4.34 Å². The normalized spacial score (nSPS) is 21.4. The summed E-state index contributed by atoms with van der Waals surface area (Å²) in [6, 6.07) is 3.07. The summed E-state index contributed by atoms with van der Waals surface area (Å²) in [5, 5.41) is 24.7. The van der Waals surface area contributed by atoms with E-state index < -0.39 is 47.0 Å². The van der Waals surface area contributed by atoms with Gasteiger partial charge < -0.3 is 36.7 Å². The summed E-state index contributed by atoms with van der Waals surface area (Å²) in [4.78, 5) is 62.4. The van der Waals surface area contributed by atoms with Gasteiger partial charge in [-0.2, -0.15) is 0 Å². The van der Waals surface area contributed by atoms with Gasteiger partial charge in [0.25, 0.3) is 11.8 Å². The highest BCUT2D eigenvalue weighted by Crippen LogP contribution is 2.40. The van der Waals surface area contributed by atoms with Crippen molar-refractivity contribution in [3.05, 3.63) is 45.8 Å². The van der Waals surface area contributed by atoms with Crippen LogP contribution in [0.4, 0.5) is 10.8 Å². The van der Waals surface area contributed by atoms with Crippen molar-refractivity contribution < 1.29 is 38.8 Å². The number of hydrogen-bond acceptors (Lipinski definition) is 12. The molecule has 2 saturated heterocycles. The highest BCUT2D eigenvalue weighted by Gasteiger charge is 2.55. The van der Waals surface area contributed by atoms with Gasteiger partial charge in [0, 0.05) is 48.3 Å². The third-order valence-corrected chi connectivity index (χ3v) is 9.80. The van der Waals surface area contributed by atoms with Crippen LogP contribution < -0.4 is 26.3 Å². The van der Waals surface area contributed by atoms with E-state index in [4.69, 9.17) is 33.0 Å². The number of aromatic nitrogens is 2. The van der Waals surface area contributed by atoms with Crippen LogP contribution in [0.1, 0.15) is 25.5 Å². The van der Waals surface area contributed by atoms with Crippen LogP contribution in [-0.4, -0.2) is 92.0 Å². The van der Waals surface area contributed by atoms with Crippen LogP contribution >= 0.6 is 34.7 Å². The smallest absolute Gasteiger partial charge is 0.352 e. The Hall–Kier alpha value is -3.93. The second-order valence-corrected chi connectivity index (χ2v) is 13.1. The lowest BCUT2D eigenvalue weighted by Gasteiger charge is -2.49. The van der Waals surface area contributed by atoms with Gasteiger partial charge in [-0.1, -0.05) is 28.1 Å². The lowest BCUT2D eigenvalue weighted by atomic mass is 10.0. The molecule has 0 aliphatic carbocycles. The summed E-state index contributed by atoms with van der Waals surface area (Å²) in [6.07, 6.45) is 4.19. The molecule has 2 amide bonds. The minimum Gasteiger partial charge on any atom is -0.478 e. The second-order valence-electron chi connectivity index (χ2n) is 10.4. The number of rotatable bonds is 10. The predicted molar refractivity (Wildman–Crippen MR) is 162 cm³/mol. The number of nitrogens with two attached hydrogens (primary N) is 2. The van der Waals surface area contributed by atoms with Crippen molar-refractivity contribution in [1.82, 2.24) is 15.2 Å². The van der Waals surface area contributed by atoms with Crippen molar-refractivity contribution in [2.45, 2.75) is 49.9 Å². The Labute approximate surface area is 264 Å². The molecule has 234 valence electrons. The molecule has 7 N–H and O–H groups in total. The number of fused-ring (bicyclic) bond motifs is 1. The average molecular weight is 666 g/mol. The summed E-state index contributed by atoms with van der Waals surface area (Å²) >= 11 is 8.33. The van der Waals surface area contributed by atoms with Crippen LogP contribution in [0.5, 0.6) is 0 Å². The zero-order valence-electron chi connectivity index (χ0n) is 23.4. The number of piperidine rings is 1. The van der Waals surface area contributed by atoms with E-state index in [1.54, 1.807) is 0 Å². The van der Waals surface area contributed by atoms with E-state index in [-0.39, 0.29) is 33.4 Å². The molecule has 0 bridgehead atoms. The maximum atomic E-state index is 13.3. The Morgan fingerprint density at radius 2 is 1.95 bits per heavy atom. The number of nitrogens with zero attached hydrogens (tertiary/aromatic N) is 5. The number of anilines is 2. The molecule has 3 atom stereocenters. The summed E-state index contributed by atoms with van der Waals surface area (Å²) < 4.78 is 1.86. The first-order chi connectivity index (χ1) is 20.9. The van der Waals surface area contributed by atoms with Crippen molar-refractivity contribution >= 4 is 75.0 Å². The Balaban J connectivity index is 1.30. The fourth-order valence-electron chi connectivity index (χ4n) is 4.99. The Kier molecular flexibility index (Phi) is 9.28. The third kappa shape index (κ3) is 6.45. The number of hydrogen-bond donors (Lipinski definition) is 5. The molecule has 2 aromatic rings. The van der Waals surface area contributed by atoms with Crippen molar-refractivity contribution in [2.75, 3.05) is 29.5 Å². The lowest BCUT2D eigenvalue weighted by molar-refractivity contribution is -0.689. The maximum Gasteiger partial charge on any atom is 0.352 e. The van der Waals surface area contributed by atoms with Crippen LogP contribution in [0.3, 0.4) is 0 Å². The fraction of sp³-hybridized carbons (Fsp3) is 0.423. The van der Waals surface area contributed by atoms with Crippen molar-refractivity contribution in [3.63, 3.8) is 0 Å². The molecule has 18 heteroatoms. The first-order valence-electron chi connectivity index (χ1n) is 13.5. The van der Waals surface area contributed by atoms with Crippen molar-refractivity contribution in [3.8, 4) is 0 Å². The van der Waals surface area contributed by atoms with E-state index in [0.717, 1.165) is 47.9 Å². The number of thiazole rings is 1. The molecule has 15 nitrogen and oxygen atoms in total. The standard InChI is InChI=1S/C26H29ClN8O7S2/c1-12(24(38)39)42-32-17(16-20(27)44-26(29)31-16)21(36)30-18-22(37)35-19(25(40)41)13(11-43-23(18)35)10-33-6-4-15(5-7-33)34-8-2-14(28)3-9-34/h4-7,12,14,18,23H,2-3,8-11,28H2,1H3,(H4-,29,30,31,36,38,39,40,41)/p+1/t12-,18+,23+/m0/s1. The number of carbonyl (C=O) groups is 4. The average Bonchev–Trinajstić information content (AvgIpc) is 3.33. The van der Waals surface area contributed by atoms with E-state index >= 15 is 0 Å². The zero-order valence-corrected chi connectivity index (χ0v) is 25.8. The Morgan fingerprint density at radius 1 is 1.27 bits per heavy atom. The minimum atomic E-state index is -1.40. The summed E-state index contributed by atoms with van der Waals surface area (Å²) in [5.74, 6) is -3.83. The minimum absolute atomic E-state index is 0.00276. The number of pyridine rings is 1. The number of halogens is 1. The van der Waals surface area contributed by atoms with Gasteiger partial charge in [0.1, 0.15) is 27.1 Å². The van der Waals surface area contributed by atoms with E-state index in [1.165, 1.54) is 18.7 Å². The number of β-lactam (4-membered cyclic amide) rings is 1. The van der Waals surface area contributed by atoms with Gasteiger partial charge in [0.15, 0.2) is 29.8 Å². The Morgan fingerprint density at radius 3 is 2.55 bits per heavy atom. The van der Waals surface area contributed by atoms with Gasteiger partial charge in [0.2, 0.25) is 6.10 Å². The van der Waals surface area contributed by atoms with Crippen LogP contribution in [0.15, 0.2) is 41.0 Å². The largest absolute Gasteiger partial charge is 0.478 e. The number of nitrogen functional groups attached to an aromatic ring is 1. The third-order valence-electron chi connectivity index (χ3n) is 7.38. The zero-order chi connectivity index (χ0) is 31.7. The molecule has 5 heterocycles. The Bertz CT molecular complexity index is 1540. The van der Waals surface area contributed by atoms with E-state index in [1.807, 2.05) is 29.1 Å². The first-order valence-corrected chi connectivity index (χ1v) is 15.8. The quantitative estimate of drug-likeness (QED) is 0.0997. The summed E-state index contributed by atoms with van der Waals surface area (Å²) in [5.41, 5.74) is 12.5. The molecule has 3 aliphatic rings. The molecule has 3 aliphatic heterocycles. The molecule has 44 heavy (non-hydrogen) atoms. The van der Waals surface area contributed by atoms with E-state index in [2.05, 4.69) is 20.4 Å². The predicted octanol–water partition coefficient (Wildman–Crippen LogP) is 0.226. The van der Waals surface area contributed by atoms with Crippen LogP contribution in [-0.2, 0) is 30.6 Å². The van der Waals surface area contributed by atoms with E-state index in [0.29, 0.717) is 11.3 Å². The summed E-state index contributed by atoms with van der Waals surface area (Å²) in [7, 11) is 0. The molecule has 0 saturated carbocycles. The van der Waals surface area contributed by atoms with Gasteiger partial charge in [-0.25, -0.2) is 19.1 Å². The number of thioether (sulfide) groups is 1. The molecule has 5 rings (SSSR count). The molecule has 0 unspecified atom stereocenters. The molecule has 0 spiro atoms. The topological polar surface area (TPSA) is 218 Å². The number of aliphatic carboxylic acids is 2. The van der Waals surface area contributed by atoms with Gasteiger partial charge >= 0.3 is 11.9 Å². The number of carboxylic acid groups (broad SMARTS) is 2. The molecular weight excluding hydrogens is 636 g/mol. The maximum absolute atomic E-state index is 13.3. The van der Waals surface area contributed by atoms with E-state index in [9.17, 15) is 24.3 Å². The number of oxime groups is 1. The fourth-order valence-corrected chi connectivity index (χ4v) is 7.25.